The second-order valence-corrected chi connectivity index (χ2v) is 7.15. The number of para-hydroxylation sites is 1. The third kappa shape index (κ3) is 4.71. The van der Waals surface area contributed by atoms with Crippen molar-refractivity contribution in [3.63, 3.8) is 0 Å². The molecule has 1 atom stereocenters. The van der Waals surface area contributed by atoms with Gasteiger partial charge in [-0.05, 0) is 37.3 Å². The van der Waals surface area contributed by atoms with Gasteiger partial charge < -0.3 is 10.5 Å². The molecule has 2 rings (SSSR count). The molecule has 3 N–H and O–H groups in total. The van der Waals surface area contributed by atoms with Crippen molar-refractivity contribution in [1.29, 1.82) is 0 Å². The molecule has 0 unspecified atom stereocenters. The molecule has 1 amide bonds. The number of sulfonamides is 1. The lowest BCUT2D eigenvalue weighted by Gasteiger charge is -2.12. The number of benzene rings is 2. The van der Waals surface area contributed by atoms with Gasteiger partial charge in [0.1, 0.15) is 0 Å². The van der Waals surface area contributed by atoms with Gasteiger partial charge in [0.15, 0.2) is 6.10 Å². The standard InChI is InChI=1S/C16H15ClN2O5S/c1-10(15(18)20)24-16(21)11-5-4-6-12(9-11)25(22,23)19-14-8-3-2-7-13(14)17/h2-10,19H,1H3,(H2,18,20)/t10-/m0/s1. The summed E-state index contributed by atoms with van der Waals surface area (Å²) in [5.74, 6) is -1.67. The van der Waals surface area contributed by atoms with Crippen molar-refractivity contribution in [3.05, 3.63) is 59.1 Å². The third-order valence-electron chi connectivity index (χ3n) is 3.18. The van der Waals surface area contributed by atoms with Crippen LogP contribution >= 0.6 is 11.6 Å². The van der Waals surface area contributed by atoms with Gasteiger partial charge in [0, 0.05) is 0 Å². The lowest BCUT2D eigenvalue weighted by molar-refractivity contribution is -0.125. The molecule has 0 heterocycles. The molecule has 0 aliphatic carbocycles. The van der Waals surface area contributed by atoms with Crippen LogP contribution in [0.2, 0.25) is 5.02 Å². The predicted octanol–water partition coefficient (Wildman–Crippen LogP) is 2.17. The molecule has 0 radical (unpaired) electrons. The quantitative estimate of drug-likeness (QED) is 0.743. The van der Waals surface area contributed by atoms with Crippen LogP contribution in [0.1, 0.15) is 17.3 Å². The predicted molar refractivity (Wildman–Crippen MR) is 92.8 cm³/mol. The Balaban J connectivity index is 2.27. The maximum absolute atomic E-state index is 12.5. The van der Waals surface area contributed by atoms with Gasteiger partial charge in [0.25, 0.3) is 15.9 Å². The number of nitrogens with one attached hydrogen (secondary N) is 1. The Morgan fingerprint density at radius 1 is 1.16 bits per heavy atom. The van der Waals surface area contributed by atoms with Gasteiger partial charge >= 0.3 is 5.97 Å². The summed E-state index contributed by atoms with van der Waals surface area (Å²) in [6, 6.07) is 11.5. The summed E-state index contributed by atoms with van der Waals surface area (Å²) < 4.78 is 32.1. The Morgan fingerprint density at radius 3 is 2.48 bits per heavy atom. The molecule has 0 saturated heterocycles. The number of primary amides is 1. The van der Waals surface area contributed by atoms with Gasteiger partial charge in [0.05, 0.1) is 21.2 Å². The van der Waals surface area contributed by atoms with E-state index >= 15 is 0 Å². The number of hydrogen-bond acceptors (Lipinski definition) is 5. The lowest BCUT2D eigenvalue weighted by Crippen LogP contribution is -2.30. The van der Waals surface area contributed by atoms with E-state index in [-0.39, 0.29) is 21.2 Å². The fourth-order valence-electron chi connectivity index (χ4n) is 1.82. The largest absolute Gasteiger partial charge is 0.449 e. The SMILES string of the molecule is C[C@H](OC(=O)c1cccc(S(=O)(=O)Nc2ccccc2Cl)c1)C(N)=O. The first kappa shape index (κ1) is 18.8. The first-order valence-electron chi connectivity index (χ1n) is 7.08. The first-order valence-corrected chi connectivity index (χ1v) is 8.94. The highest BCUT2D eigenvalue weighted by molar-refractivity contribution is 7.92. The second-order valence-electron chi connectivity index (χ2n) is 5.06. The minimum atomic E-state index is -3.97. The number of amides is 1. The first-order chi connectivity index (χ1) is 11.7. The molecule has 9 heteroatoms. The number of hydrogen-bond donors (Lipinski definition) is 2. The van der Waals surface area contributed by atoms with Crippen molar-refractivity contribution in [3.8, 4) is 0 Å². The summed E-state index contributed by atoms with van der Waals surface area (Å²) in [5.41, 5.74) is 5.20. The number of esters is 1. The summed E-state index contributed by atoms with van der Waals surface area (Å²) in [7, 11) is -3.97. The van der Waals surface area contributed by atoms with E-state index < -0.39 is 28.0 Å². The number of nitrogens with two attached hydrogens (primary N) is 1. The fourth-order valence-corrected chi connectivity index (χ4v) is 3.19. The summed E-state index contributed by atoms with van der Waals surface area (Å²) >= 11 is 5.94. The zero-order chi connectivity index (χ0) is 18.6. The summed E-state index contributed by atoms with van der Waals surface area (Å²) in [4.78, 5) is 22.8. The van der Waals surface area contributed by atoms with Gasteiger partial charge in [-0.15, -0.1) is 0 Å². The third-order valence-corrected chi connectivity index (χ3v) is 4.88. The molecule has 0 spiro atoms. The van der Waals surface area contributed by atoms with Crippen LogP contribution in [0.15, 0.2) is 53.4 Å². The smallest absolute Gasteiger partial charge is 0.338 e. The van der Waals surface area contributed by atoms with Crippen LogP contribution in [0.5, 0.6) is 0 Å². The highest BCUT2D eigenvalue weighted by Crippen LogP contribution is 2.24. The van der Waals surface area contributed by atoms with Crippen LogP contribution in [0.25, 0.3) is 0 Å². The van der Waals surface area contributed by atoms with Crippen LogP contribution in [-0.4, -0.2) is 26.4 Å². The van der Waals surface area contributed by atoms with Crippen LogP contribution < -0.4 is 10.5 Å². The van der Waals surface area contributed by atoms with E-state index in [0.717, 1.165) is 6.07 Å². The van der Waals surface area contributed by atoms with E-state index in [1.807, 2.05) is 0 Å². The minimum absolute atomic E-state index is 0.0323. The van der Waals surface area contributed by atoms with E-state index in [2.05, 4.69) is 4.72 Å². The van der Waals surface area contributed by atoms with Gasteiger partial charge in [-0.1, -0.05) is 29.8 Å². The van der Waals surface area contributed by atoms with Gasteiger partial charge in [-0.3, -0.25) is 9.52 Å². The summed E-state index contributed by atoms with van der Waals surface area (Å²) in [6.45, 7) is 1.32. The maximum Gasteiger partial charge on any atom is 0.338 e. The zero-order valence-corrected chi connectivity index (χ0v) is 14.7. The second kappa shape index (κ2) is 7.54. The highest BCUT2D eigenvalue weighted by atomic mass is 35.5. The number of halogens is 1. The van der Waals surface area contributed by atoms with E-state index in [0.29, 0.717) is 0 Å². The molecule has 0 aliphatic rings. The molecule has 0 aromatic heterocycles. The average molecular weight is 383 g/mol. The Labute approximate surface area is 149 Å². The number of anilines is 1. The minimum Gasteiger partial charge on any atom is -0.449 e. The highest BCUT2D eigenvalue weighted by Gasteiger charge is 2.20. The van der Waals surface area contributed by atoms with Crippen molar-refractivity contribution in [2.24, 2.45) is 5.73 Å². The number of rotatable bonds is 6. The van der Waals surface area contributed by atoms with Crippen LogP contribution in [-0.2, 0) is 19.6 Å². The van der Waals surface area contributed by atoms with Gasteiger partial charge in [0.2, 0.25) is 0 Å². The molecular formula is C16H15ClN2O5S. The summed E-state index contributed by atoms with van der Waals surface area (Å²) in [6.07, 6.45) is -1.13. The molecule has 0 fully saturated rings. The lowest BCUT2D eigenvalue weighted by atomic mass is 10.2. The molecule has 132 valence electrons. The molecule has 25 heavy (non-hydrogen) atoms. The number of carbonyl (C=O) groups excluding carboxylic acids is 2. The van der Waals surface area contributed by atoms with Gasteiger partial charge in [-0.2, -0.15) is 0 Å². The van der Waals surface area contributed by atoms with Crippen molar-refractivity contribution < 1.29 is 22.7 Å². The Bertz CT molecular complexity index is 914. The van der Waals surface area contributed by atoms with Crippen LogP contribution in [0, 0.1) is 0 Å². The maximum atomic E-state index is 12.5. The van der Waals surface area contributed by atoms with Gasteiger partial charge in [-0.25, -0.2) is 13.2 Å². The molecule has 7 nitrogen and oxygen atoms in total. The molecule has 2 aromatic carbocycles. The van der Waals surface area contributed by atoms with Crippen molar-refractivity contribution in [1.82, 2.24) is 0 Å². The monoisotopic (exact) mass is 382 g/mol. The Kier molecular flexibility index (Phi) is 5.66. The van der Waals surface area contributed by atoms with Crippen molar-refractivity contribution >= 4 is 39.2 Å². The number of carbonyl (C=O) groups is 2. The molecular weight excluding hydrogens is 368 g/mol. The molecule has 0 bridgehead atoms. The summed E-state index contributed by atoms with van der Waals surface area (Å²) in [5, 5.41) is 0.233. The molecule has 0 aliphatic heterocycles. The number of ether oxygens (including phenoxy) is 1. The van der Waals surface area contributed by atoms with E-state index in [9.17, 15) is 18.0 Å². The normalized spacial score (nSPS) is 12.2. The zero-order valence-electron chi connectivity index (χ0n) is 13.1. The van der Waals surface area contributed by atoms with Crippen LogP contribution in [0.3, 0.4) is 0 Å². The molecule has 2 aromatic rings. The Morgan fingerprint density at radius 2 is 1.84 bits per heavy atom. The van der Waals surface area contributed by atoms with Crippen molar-refractivity contribution in [2.75, 3.05) is 4.72 Å². The van der Waals surface area contributed by atoms with Crippen LogP contribution in [0.4, 0.5) is 5.69 Å². The van der Waals surface area contributed by atoms with E-state index in [4.69, 9.17) is 22.1 Å². The fraction of sp³-hybridized carbons (Fsp3) is 0.125. The van der Waals surface area contributed by atoms with E-state index in [1.165, 1.54) is 31.2 Å². The average Bonchev–Trinajstić information content (AvgIpc) is 2.56. The Hall–Kier alpha value is -2.58. The molecule has 0 saturated carbocycles. The topological polar surface area (TPSA) is 116 Å². The van der Waals surface area contributed by atoms with Crippen molar-refractivity contribution in [2.45, 2.75) is 17.9 Å². The van der Waals surface area contributed by atoms with E-state index in [1.54, 1.807) is 18.2 Å².